The summed E-state index contributed by atoms with van der Waals surface area (Å²) < 4.78 is 21.3. The zero-order valence-corrected chi connectivity index (χ0v) is 17.4. The van der Waals surface area contributed by atoms with Gasteiger partial charge in [0.25, 0.3) is 0 Å². The van der Waals surface area contributed by atoms with Crippen molar-refractivity contribution in [2.24, 2.45) is 0 Å². The molecule has 1 aliphatic rings. The van der Waals surface area contributed by atoms with E-state index >= 15 is 0 Å². The van der Waals surface area contributed by atoms with Gasteiger partial charge >= 0.3 is 0 Å². The van der Waals surface area contributed by atoms with Gasteiger partial charge in [0.05, 0.1) is 24.5 Å². The van der Waals surface area contributed by atoms with Gasteiger partial charge in [-0.1, -0.05) is 18.2 Å². The molecule has 0 bridgehead atoms. The average Bonchev–Trinajstić information content (AvgIpc) is 3.15. The van der Waals surface area contributed by atoms with Crippen molar-refractivity contribution in [3.63, 3.8) is 0 Å². The van der Waals surface area contributed by atoms with E-state index in [1.807, 2.05) is 55.1 Å². The van der Waals surface area contributed by atoms with Crippen molar-refractivity contribution in [3.8, 4) is 22.7 Å². The van der Waals surface area contributed by atoms with Crippen LogP contribution in [0.15, 0.2) is 48.7 Å². The zero-order valence-electron chi connectivity index (χ0n) is 17.4. The second-order valence-corrected chi connectivity index (χ2v) is 7.52. The number of methoxy groups -OCH3 is 1. The third-order valence-corrected chi connectivity index (χ3v) is 5.58. The molecular weight excluding hydrogens is 383 g/mol. The Kier molecular flexibility index (Phi) is 5.55. The quantitative estimate of drug-likeness (QED) is 0.704. The van der Waals surface area contributed by atoms with Gasteiger partial charge in [-0.15, -0.1) is 0 Å². The van der Waals surface area contributed by atoms with Gasteiger partial charge in [-0.05, 0) is 43.7 Å². The van der Waals surface area contributed by atoms with E-state index in [0.717, 1.165) is 23.4 Å². The number of hydrogen-bond donors (Lipinski definition) is 1. The molecule has 0 radical (unpaired) electrons. The van der Waals surface area contributed by atoms with Gasteiger partial charge in [0.15, 0.2) is 11.6 Å². The minimum atomic E-state index is -0.433. The van der Waals surface area contributed by atoms with Gasteiger partial charge < -0.3 is 10.1 Å². The molecule has 3 aromatic rings. The lowest BCUT2D eigenvalue weighted by molar-refractivity contribution is -0.128. The first-order chi connectivity index (χ1) is 14.5. The standard InChI is InChI=1S/C23H25FN4O2/c1-15-6-4-5-7-20(15)28-14-18(13-27-11-10-25-23(29)16(27)2)22(26-28)17-8-9-21(30-3)19(24)12-17/h4-9,12,14,16H,10-11,13H2,1-3H3,(H,25,29)/t16-/m1/s1. The molecule has 6 nitrogen and oxygen atoms in total. The molecule has 1 N–H and O–H groups in total. The summed E-state index contributed by atoms with van der Waals surface area (Å²) in [7, 11) is 1.44. The molecule has 0 unspecified atom stereocenters. The molecule has 7 heteroatoms. The van der Waals surface area contributed by atoms with E-state index in [2.05, 4.69) is 10.2 Å². The van der Waals surface area contributed by atoms with Crippen LogP contribution in [-0.2, 0) is 11.3 Å². The predicted octanol–water partition coefficient (Wildman–Crippen LogP) is 3.32. The van der Waals surface area contributed by atoms with E-state index in [1.165, 1.54) is 13.2 Å². The van der Waals surface area contributed by atoms with Crippen LogP contribution in [0.25, 0.3) is 16.9 Å². The molecule has 0 spiro atoms. The summed E-state index contributed by atoms with van der Waals surface area (Å²) in [5.41, 5.74) is 4.35. The van der Waals surface area contributed by atoms with Gasteiger partial charge in [0.2, 0.25) is 5.91 Å². The summed E-state index contributed by atoms with van der Waals surface area (Å²) in [5.74, 6) is -0.221. The van der Waals surface area contributed by atoms with Gasteiger partial charge in [0, 0.05) is 37.0 Å². The Morgan fingerprint density at radius 3 is 2.80 bits per heavy atom. The number of rotatable bonds is 5. The number of aromatic nitrogens is 2. The van der Waals surface area contributed by atoms with Crippen LogP contribution in [0.5, 0.6) is 5.75 Å². The lowest BCUT2D eigenvalue weighted by atomic mass is 10.1. The number of ether oxygens (including phenoxy) is 1. The number of nitrogens with zero attached hydrogens (tertiary/aromatic N) is 3. The maximum atomic E-state index is 14.4. The van der Waals surface area contributed by atoms with Crippen molar-refractivity contribution in [2.45, 2.75) is 26.4 Å². The third-order valence-electron chi connectivity index (χ3n) is 5.58. The summed E-state index contributed by atoms with van der Waals surface area (Å²) in [6.45, 7) is 5.83. The van der Waals surface area contributed by atoms with Crippen LogP contribution in [0.2, 0.25) is 0 Å². The normalized spacial score (nSPS) is 17.1. The molecule has 1 fully saturated rings. The maximum Gasteiger partial charge on any atom is 0.237 e. The first-order valence-electron chi connectivity index (χ1n) is 9.98. The number of hydrogen-bond acceptors (Lipinski definition) is 4. The summed E-state index contributed by atoms with van der Waals surface area (Å²) in [4.78, 5) is 14.2. The highest BCUT2D eigenvalue weighted by atomic mass is 19.1. The molecule has 0 aliphatic carbocycles. The van der Waals surface area contributed by atoms with Gasteiger partial charge in [-0.25, -0.2) is 9.07 Å². The number of amides is 1. The lowest BCUT2D eigenvalue weighted by Gasteiger charge is -2.32. The monoisotopic (exact) mass is 408 g/mol. The second kappa shape index (κ2) is 8.28. The van der Waals surface area contributed by atoms with Crippen LogP contribution in [0.1, 0.15) is 18.1 Å². The molecule has 2 aromatic carbocycles. The number of benzene rings is 2. The number of carbonyl (C=O) groups excluding carboxylic acids is 1. The number of aryl methyl sites for hydroxylation is 1. The van der Waals surface area contributed by atoms with Crippen molar-refractivity contribution in [1.82, 2.24) is 20.0 Å². The Hall–Kier alpha value is -3.19. The third kappa shape index (κ3) is 3.80. The fourth-order valence-corrected chi connectivity index (χ4v) is 3.79. The van der Waals surface area contributed by atoms with Crippen molar-refractivity contribution in [2.75, 3.05) is 20.2 Å². The molecule has 0 saturated carbocycles. The van der Waals surface area contributed by atoms with E-state index < -0.39 is 5.82 Å². The summed E-state index contributed by atoms with van der Waals surface area (Å²) >= 11 is 0. The molecule has 1 aliphatic heterocycles. The Morgan fingerprint density at radius 2 is 2.07 bits per heavy atom. The maximum absolute atomic E-state index is 14.4. The molecule has 30 heavy (non-hydrogen) atoms. The van der Waals surface area contributed by atoms with E-state index in [4.69, 9.17) is 9.84 Å². The van der Waals surface area contributed by atoms with Crippen molar-refractivity contribution < 1.29 is 13.9 Å². The minimum absolute atomic E-state index is 0.0181. The minimum Gasteiger partial charge on any atom is -0.494 e. The van der Waals surface area contributed by atoms with Crippen LogP contribution in [0.3, 0.4) is 0 Å². The highest BCUT2D eigenvalue weighted by Gasteiger charge is 2.27. The van der Waals surface area contributed by atoms with Crippen LogP contribution in [0, 0.1) is 12.7 Å². The predicted molar refractivity (Wildman–Crippen MR) is 113 cm³/mol. The molecular formula is C23H25FN4O2. The number of halogens is 1. The molecule has 4 rings (SSSR count). The molecule has 1 atom stereocenters. The second-order valence-electron chi connectivity index (χ2n) is 7.52. The largest absolute Gasteiger partial charge is 0.494 e. The molecule has 2 heterocycles. The van der Waals surface area contributed by atoms with Crippen LogP contribution in [0.4, 0.5) is 4.39 Å². The fourth-order valence-electron chi connectivity index (χ4n) is 3.79. The Morgan fingerprint density at radius 1 is 1.27 bits per heavy atom. The zero-order chi connectivity index (χ0) is 21.3. The highest BCUT2D eigenvalue weighted by molar-refractivity contribution is 5.82. The SMILES string of the molecule is COc1ccc(-c2nn(-c3ccccc3C)cc2CN2CCNC(=O)[C@H]2C)cc1F. The summed E-state index contributed by atoms with van der Waals surface area (Å²) in [6, 6.07) is 12.6. The molecule has 1 amide bonds. The number of carbonyl (C=O) groups is 1. The topological polar surface area (TPSA) is 59.4 Å². The highest BCUT2D eigenvalue weighted by Crippen LogP contribution is 2.29. The van der Waals surface area contributed by atoms with E-state index in [0.29, 0.717) is 24.3 Å². The van der Waals surface area contributed by atoms with Crippen molar-refractivity contribution >= 4 is 5.91 Å². The first kappa shape index (κ1) is 20.1. The van der Waals surface area contributed by atoms with Crippen molar-refractivity contribution in [1.29, 1.82) is 0 Å². The Labute approximate surface area is 175 Å². The fraction of sp³-hybridized carbons (Fsp3) is 0.304. The molecule has 1 aromatic heterocycles. The van der Waals surface area contributed by atoms with Crippen LogP contribution in [-0.4, -0.2) is 46.8 Å². The Bertz CT molecular complexity index is 1080. The van der Waals surface area contributed by atoms with E-state index in [9.17, 15) is 9.18 Å². The number of para-hydroxylation sites is 1. The number of nitrogens with one attached hydrogen (secondary N) is 1. The summed E-state index contributed by atoms with van der Waals surface area (Å²) in [6.07, 6.45) is 1.97. The first-order valence-corrected chi connectivity index (χ1v) is 9.98. The van der Waals surface area contributed by atoms with Gasteiger partial charge in [0.1, 0.15) is 0 Å². The lowest BCUT2D eigenvalue weighted by Crippen LogP contribution is -2.53. The smallest absolute Gasteiger partial charge is 0.237 e. The molecule has 156 valence electrons. The van der Waals surface area contributed by atoms with Crippen LogP contribution < -0.4 is 10.1 Å². The van der Waals surface area contributed by atoms with Gasteiger partial charge in [-0.3, -0.25) is 9.69 Å². The molecule has 1 saturated heterocycles. The van der Waals surface area contributed by atoms with E-state index in [1.54, 1.807) is 6.07 Å². The Balaban J connectivity index is 1.78. The van der Waals surface area contributed by atoms with Crippen LogP contribution >= 0.6 is 0 Å². The van der Waals surface area contributed by atoms with E-state index in [-0.39, 0.29) is 17.7 Å². The van der Waals surface area contributed by atoms with Gasteiger partial charge in [-0.2, -0.15) is 5.10 Å². The number of piperazine rings is 1. The average molecular weight is 408 g/mol. The van der Waals surface area contributed by atoms with Crippen molar-refractivity contribution in [3.05, 3.63) is 65.6 Å². The summed E-state index contributed by atoms with van der Waals surface area (Å²) in [5, 5.41) is 7.69.